The average molecular weight is 151 g/mol. The summed E-state index contributed by atoms with van der Waals surface area (Å²) in [6.45, 7) is 1.80. The van der Waals surface area contributed by atoms with Crippen LogP contribution in [0.4, 0.5) is 0 Å². The highest BCUT2D eigenvalue weighted by molar-refractivity contribution is 5.73. The van der Waals surface area contributed by atoms with E-state index in [0.717, 1.165) is 12.8 Å². The molecule has 0 amide bonds. The molecule has 0 saturated heterocycles. The number of carbonyl (C=O) groups excluding carboxylic acids is 1. The molecule has 2 heteroatoms. The molecule has 0 unspecified atom stereocenters. The summed E-state index contributed by atoms with van der Waals surface area (Å²) in [7, 11) is 0. The first-order chi connectivity index (χ1) is 5.13. The molecule has 60 valence electrons. The van der Waals surface area contributed by atoms with Crippen LogP contribution in [0.3, 0.4) is 0 Å². The van der Waals surface area contributed by atoms with Gasteiger partial charge >= 0.3 is 0 Å². The number of hydrogen-bond donors (Lipinski definition) is 0. The monoisotopic (exact) mass is 151 g/mol. The van der Waals surface area contributed by atoms with Crippen molar-refractivity contribution in [1.29, 1.82) is 0 Å². The molecule has 1 fully saturated rings. The summed E-state index contributed by atoms with van der Waals surface area (Å²) in [5.74, 6) is -0.144. The van der Waals surface area contributed by atoms with E-state index in [9.17, 15) is 9.90 Å². The number of hydrogen-bond acceptors (Lipinski definition) is 2. The van der Waals surface area contributed by atoms with Crippen LogP contribution in [0.1, 0.15) is 19.8 Å². The van der Waals surface area contributed by atoms with Crippen LogP contribution in [0.15, 0.2) is 12.2 Å². The highest BCUT2D eigenvalue weighted by Gasteiger charge is 2.45. The van der Waals surface area contributed by atoms with E-state index in [4.69, 9.17) is 0 Å². The van der Waals surface area contributed by atoms with Crippen LogP contribution in [-0.4, -0.2) is 5.97 Å². The predicted molar refractivity (Wildman–Crippen MR) is 38.5 cm³/mol. The summed E-state index contributed by atoms with van der Waals surface area (Å²) < 4.78 is 0. The van der Waals surface area contributed by atoms with Crippen molar-refractivity contribution in [3.8, 4) is 0 Å². The van der Waals surface area contributed by atoms with Gasteiger partial charge in [0.25, 0.3) is 0 Å². The molecule has 1 saturated carbocycles. The lowest BCUT2D eigenvalue weighted by Gasteiger charge is -2.32. The molecule has 2 aliphatic carbocycles. The Labute approximate surface area is 65.9 Å². The van der Waals surface area contributed by atoms with Gasteiger partial charge in [0.15, 0.2) is 0 Å². The Kier molecular flexibility index (Phi) is 1.17. The molecule has 0 aromatic heterocycles. The Morgan fingerprint density at radius 2 is 2.36 bits per heavy atom. The third-order valence-electron chi connectivity index (χ3n) is 3.14. The second-order valence-corrected chi connectivity index (χ2v) is 3.90. The first-order valence-electron chi connectivity index (χ1n) is 4.03. The minimum absolute atomic E-state index is 0.234. The highest BCUT2D eigenvalue weighted by atomic mass is 16.4. The predicted octanol–water partition coefficient (Wildman–Crippen LogP) is 0.339. The fraction of sp³-hybridized carbons (Fsp3) is 0.667. The van der Waals surface area contributed by atoms with Gasteiger partial charge in [-0.05, 0) is 24.7 Å². The van der Waals surface area contributed by atoms with Crippen molar-refractivity contribution < 1.29 is 9.90 Å². The summed E-state index contributed by atoms with van der Waals surface area (Å²) in [5.41, 5.74) is -0.570. The van der Waals surface area contributed by atoms with Crippen molar-refractivity contribution in [2.45, 2.75) is 19.8 Å². The second kappa shape index (κ2) is 1.87. The zero-order valence-corrected chi connectivity index (χ0v) is 6.54. The van der Waals surface area contributed by atoms with Crippen molar-refractivity contribution in [1.82, 2.24) is 0 Å². The largest absolute Gasteiger partial charge is 0.550 e. The van der Waals surface area contributed by atoms with Gasteiger partial charge in [0.1, 0.15) is 0 Å². The number of carboxylic acids is 1. The number of fused-ring (bicyclic) bond motifs is 2. The number of carbonyl (C=O) groups is 1. The zero-order valence-electron chi connectivity index (χ0n) is 6.54. The summed E-state index contributed by atoms with van der Waals surface area (Å²) in [6, 6.07) is 0. The van der Waals surface area contributed by atoms with Gasteiger partial charge in [0.2, 0.25) is 0 Å². The molecule has 3 atom stereocenters. The number of allylic oxidation sites excluding steroid dienone is 2. The third kappa shape index (κ3) is 0.753. The molecule has 0 aliphatic heterocycles. The fourth-order valence-electron chi connectivity index (χ4n) is 2.33. The molecule has 11 heavy (non-hydrogen) atoms. The van der Waals surface area contributed by atoms with Crippen molar-refractivity contribution in [2.75, 3.05) is 0 Å². The summed E-state index contributed by atoms with van der Waals surface area (Å²) in [4.78, 5) is 10.8. The van der Waals surface area contributed by atoms with Gasteiger partial charge in [-0.15, -0.1) is 0 Å². The lowest BCUT2D eigenvalue weighted by atomic mass is 9.78. The van der Waals surface area contributed by atoms with Crippen molar-refractivity contribution >= 4 is 5.97 Å². The maximum absolute atomic E-state index is 10.8. The maximum atomic E-state index is 10.8. The van der Waals surface area contributed by atoms with E-state index in [0.29, 0.717) is 5.92 Å². The Bertz CT molecular complexity index is 232. The van der Waals surface area contributed by atoms with E-state index >= 15 is 0 Å². The summed E-state index contributed by atoms with van der Waals surface area (Å²) >= 11 is 0. The van der Waals surface area contributed by atoms with Crippen LogP contribution in [-0.2, 0) is 4.79 Å². The summed E-state index contributed by atoms with van der Waals surface area (Å²) in [5, 5.41) is 10.8. The van der Waals surface area contributed by atoms with Gasteiger partial charge in [-0.1, -0.05) is 19.1 Å². The molecule has 2 nitrogen and oxygen atoms in total. The van der Waals surface area contributed by atoms with Gasteiger partial charge < -0.3 is 9.90 Å². The molecule has 0 radical (unpaired) electrons. The van der Waals surface area contributed by atoms with Gasteiger partial charge in [0.05, 0.1) is 0 Å². The molecule has 0 aromatic carbocycles. The van der Waals surface area contributed by atoms with Crippen LogP contribution in [0, 0.1) is 17.3 Å². The Morgan fingerprint density at radius 1 is 1.64 bits per heavy atom. The van der Waals surface area contributed by atoms with E-state index in [2.05, 4.69) is 6.08 Å². The fourth-order valence-corrected chi connectivity index (χ4v) is 2.33. The molecule has 0 heterocycles. The SMILES string of the molecule is C[C@]1(C(=O)[O-])C[C@@H]2C=C[C@@H]1C2. The number of aliphatic carboxylic acids is 1. The van der Waals surface area contributed by atoms with E-state index < -0.39 is 11.4 Å². The van der Waals surface area contributed by atoms with Crippen LogP contribution in [0.2, 0.25) is 0 Å². The van der Waals surface area contributed by atoms with Crippen LogP contribution in [0.5, 0.6) is 0 Å². The third-order valence-corrected chi connectivity index (χ3v) is 3.14. The lowest BCUT2D eigenvalue weighted by Crippen LogP contribution is -2.42. The van der Waals surface area contributed by atoms with E-state index in [1.54, 1.807) is 6.92 Å². The zero-order chi connectivity index (χ0) is 8.06. The van der Waals surface area contributed by atoms with Crippen molar-refractivity contribution in [2.24, 2.45) is 17.3 Å². The molecule has 0 aromatic rings. The normalized spacial score (nSPS) is 46.6. The van der Waals surface area contributed by atoms with E-state index in [-0.39, 0.29) is 5.92 Å². The first kappa shape index (κ1) is 6.89. The molecule has 2 bridgehead atoms. The number of carboxylic acid groups (broad SMARTS) is 1. The van der Waals surface area contributed by atoms with E-state index in [1.807, 2.05) is 6.08 Å². The molecule has 0 N–H and O–H groups in total. The minimum atomic E-state index is -0.880. The Hall–Kier alpha value is -0.790. The molecule has 2 aliphatic rings. The van der Waals surface area contributed by atoms with Crippen LogP contribution in [0.25, 0.3) is 0 Å². The molecule has 2 rings (SSSR count). The maximum Gasteiger partial charge on any atom is 0.0479 e. The van der Waals surface area contributed by atoms with Gasteiger partial charge in [-0.3, -0.25) is 0 Å². The second-order valence-electron chi connectivity index (χ2n) is 3.90. The smallest absolute Gasteiger partial charge is 0.0479 e. The Morgan fingerprint density at radius 3 is 2.64 bits per heavy atom. The molecular formula is C9H11O2-. The average Bonchev–Trinajstić information content (AvgIpc) is 2.45. The van der Waals surface area contributed by atoms with Crippen molar-refractivity contribution in [3.05, 3.63) is 12.2 Å². The lowest BCUT2D eigenvalue weighted by molar-refractivity contribution is -0.319. The minimum Gasteiger partial charge on any atom is -0.550 e. The highest BCUT2D eigenvalue weighted by Crippen LogP contribution is 2.51. The first-order valence-corrected chi connectivity index (χ1v) is 4.03. The van der Waals surface area contributed by atoms with E-state index in [1.165, 1.54) is 0 Å². The number of rotatable bonds is 1. The standard InChI is InChI=1S/C9H12O2/c1-9(8(10)11)5-6-2-3-7(9)4-6/h2-3,6-7H,4-5H2,1H3,(H,10,11)/p-1/t6-,7-,9+/m1/s1. The van der Waals surface area contributed by atoms with Crippen LogP contribution >= 0.6 is 0 Å². The van der Waals surface area contributed by atoms with Gasteiger partial charge in [-0.2, -0.15) is 0 Å². The molecule has 0 spiro atoms. The van der Waals surface area contributed by atoms with Crippen molar-refractivity contribution in [3.63, 3.8) is 0 Å². The quantitative estimate of drug-likeness (QED) is 0.507. The molecular weight excluding hydrogens is 140 g/mol. The summed E-state index contributed by atoms with van der Waals surface area (Å²) in [6.07, 6.45) is 5.96. The topological polar surface area (TPSA) is 40.1 Å². The van der Waals surface area contributed by atoms with Gasteiger partial charge in [0, 0.05) is 11.4 Å². The van der Waals surface area contributed by atoms with Crippen LogP contribution < -0.4 is 5.11 Å². The van der Waals surface area contributed by atoms with Gasteiger partial charge in [-0.25, -0.2) is 0 Å². The Balaban J connectivity index is 2.30.